The molecule has 3 unspecified atom stereocenters. The summed E-state index contributed by atoms with van der Waals surface area (Å²) in [6, 6.07) is 5.87. The summed E-state index contributed by atoms with van der Waals surface area (Å²) in [5.41, 5.74) is 8.67. The highest BCUT2D eigenvalue weighted by Gasteiger charge is 2.37. The number of aromatic amines is 1. The summed E-state index contributed by atoms with van der Waals surface area (Å²) >= 11 is 0. The van der Waals surface area contributed by atoms with Crippen LogP contribution >= 0.6 is 0 Å². The third-order valence-electron chi connectivity index (χ3n) is 4.15. The van der Waals surface area contributed by atoms with Crippen LogP contribution in [0.1, 0.15) is 24.6 Å². The first-order valence-electron chi connectivity index (χ1n) is 6.23. The summed E-state index contributed by atoms with van der Waals surface area (Å²) in [5.74, 6) is 3.20. The molecule has 1 aromatic heterocycles. The number of hydrogen-bond donors (Lipinski definition) is 2. The third-order valence-corrected chi connectivity index (χ3v) is 4.15. The molecule has 2 aliphatic rings. The second-order valence-electron chi connectivity index (χ2n) is 5.29. The zero-order valence-electron chi connectivity index (χ0n) is 9.56. The zero-order chi connectivity index (χ0) is 11.4. The van der Waals surface area contributed by atoms with Gasteiger partial charge in [0.25, 0.3) is 0 Å². The van der Waals surface area contributed by atoms with Gasteiger partial charge >= 0.3 is 0 Å². The molecule has 3 heteroatoms. The minimum Gasteiger partial charge on any atom is -0.399 e. The van der Waals surface area contributed by atoms with E-state index in [0.29, 0.717) is 11.8 Å². The standard InChI is InChI=1S/C14H15N3/c15-10-3-4-12-13(7-10)17-14(16-12)11-6-8-1-2-9(11)5-8/h1-4,7-9,11H,5-6,15H2,(H,16,17). The van der Waals surface area contributed by atoms with Crippen LogP contribution in [0.3, 0.4) is 0 Å². The van der Waals surface area contributed by atoms with Crippen molar-refractivity contribution in [2.24, 2.45) is 11.8 Å². The van der Waals surface area contributed by atoms with E-state index in [9.17, 15) is 0 Å². The molecule has 4 rings (SSSR count). The maximum absolute atomic E-state index is 5.79. The van der Waals surface area contributed by atoms with Gasteiger partial charge in [0.1, 0.15) is 5.82 Å². The number of fused-ring (bicyclic) bond motifs is 3. The SMILES string of the molecule is Nc1ccc2nc(C3CC4C=CC3C4)[nH]c2c1. The molecular formula is C14H15N3. The van der Waals surface area contributed by atoms with Gasteiger partial charge in [0.15, 0.2) is 0 Å². The Bertz CT molecular complexity index is 611. The molecule has 3 nitrogen and oxygen atoms in total. The molecule has 0 amide bonds. The Kier molecular flexibility index (Phi) is 1.71. The molecular weight excluding hydrogens is 210 g/mol. The van der Waals surface area contributed by atoms with Crippen molar-refractivity contribution in [1.82, 2.24) is 9.97 Å². The predicted molar refractivity (Wildman–Crippen MR) is 68.6 cm³/mol. The van der Waals surface area contributed by atoms with Crippen molar-refractivity contribution in [2.45, 2.75) is 18.8 Å². The number of benzene rings is 1. The maximum Gasteiger partial charge on any atom is 0.110 e. The Labute approximate surface area is 99.7 Å². The van der Waals surface area contributed by atoms with Gasteiger partial charge in [-0.15, -0.1) is 0 Å². The van der Waals surface area contributed by atoms with Crippen LogP contribution in [0, 0.1) is 11.8 Å². The van der Waals surface area contributed by atoms with Crippen molar-refractivity contribution < 1.29 is 0 Å². The number of nitrogens with two attached hydrogens (primary N) is 1. The minimum atomic E-state index is 0.582. The van der Waals surface area contributed by atoms with Crippen LogP contribution < -0.4 is 5.73 Å². The maximum atomic E-state index is 5.79. The molecule has 1 aromatic carbocycles. The van der Waals surface area contributed by atoms with Gasteiger partial charge in [0.2, 0.25) is 0 Å². The molecule has 2 aromatic rings. The first-order chi connectivity index (χ1) is 8.29. The first-order valence-corrected chi connectivity index (χ1v) is 6.23. The monoisotopic (exact) mass is 225 g/mol. The van der Waals surface area contributed by atoms with E-state index in [4.69, 9.17) is 10.7 Å². The van der Waals surface area contributed by atoms with Crippen molar-refractivity contribution in [3.8, 4) is 0 Å². The molecule has 3 atom stereocenters. The fourth-order valence-electron chi connectivity index (χ4n) is 3.32. The van der Waals surface area contributed by atoms with E-state index in [1.807, 2.05) is 18.2 Å². The second-order valence-corrected chi connectivity index (χ2v) is 5.29. The van der Waals surface area contributed by atoms with Gasteiger partial charge in [-0.05, 0) is 42.9 Å². The quantitative estimate of drug-likeness (QED) is 0.579. The smallest absolute Gasteiger partial charge is 0.110 e. The van der Waals surface area contributed by atoms with Crippen molar-refractivity contribution in [3.05, 3.63) is 36.2 Å². The van der Waals surface area contributed by atoms with Crippen LogP contribution in [0.15, 0.2) is 30.4 Å². The van der Waals surface area contributed by atoms with E-state index in [1.165, 1.54) is 12.8 Å². The highest BCUT2D eigenvalue weighted by Crippen LogP contribution is 2.48. The Morgan fingerprint density at radius 3 is 2.94 bits per heavy atom. The number of nitrogens with zero attached hydrogens (tertiary/aromatic N) is 1. The van der Waals surface area contributed by atoms with E-state index >= 15 is 0 Å². The van der Waals surface area contributed by atoms with Gasteiger partial charge in [-0.3, -0.25) is 0 Å². The average Bonchev–Trinajstić information content (AvgIpc) is 3.01. The number of aromatic nitrogens is 2. The minimum absolute atomic E-state index is 0.582. The fourth-order valence-corrected chi connectivity index (χ4v) is 3.32. The Morgan fingerprint density at radius 2 is 2.18 bits per heavy atom. The highest BCUT2D eigenvalue weighted by molar-refractivity contribution is 5.78. The van der Waals surface area contributed by atoms with E-state index in [2.05, 4.69) is 17.1 Å². The Morgan fingerprint density at radius 1 is 1.24 bits per heavy atom. The van der Waals surface area contributed by atoms with E-state index in [1.54, 1.807) is 0 Å². The number of anilines is 1. The number of nitrogens with one attached hydrogen (secondary N) is 1. The first kappa shape index (κ1) is 9.28. The molecule has 0 radical (unpaired) electrons. The lowest BCUT2D eigenvalue weighted by molar-refractivity contribution is 0.559. The zero-order valence-corrected chi connectivity index (χ0v) is 9.56. The third kappa shape index (κ3) is 1.32. The van der Waals surface area contributed by atoms with Crippen LogP contribution in [0.2, 0.25) is 0 Å². The van der Waals surface area contributed by atoms with Gasteiger partial charge in [0, 0.05) is 11.6 Å². The summed E-state index contributed by atoms with van der Waals surface area (Å²) in [5, 5.41) is 0. The number of H-pyrrole nitrogens is 1. The molecule has 2 bridgehead atoms. The van der Waals surface area contributed by atoms with Crippen molar-refractivity contribution in [3.63, 3.8) is 0 Å². The second kappa shape index (κ2) is 3.13. The van der Waals surface area contributed by atoms with E-state index in [0.717, 1.165) is 28.5 Å². The Hall–Kier alpha value is -1.77. The number of imidazole rings is 1. The summed E-state index contributed by atoms with van der Waals surface area (Å²) in [4.78, 5) is 8.15. The highest BCUT2D eigenvalue weighted by atomic mass is 14.9. The van der Waals surface area contributed by atoms with Gasteiger partial charge in [-0.1, -0.05) is 12.2 Å². The number of nitrogen functional groups attached to an aromatic ring is 1. The molecule has 1 fully saturated rings. The van der Waals surface area contributed by atoms with Gasteiger partial charge in [0.05, 0.1) is 11.0 Å². The number of allylic oxidation sites excluding steroid dienone is 2. The lowest BCUT2D eigenvalue weighted by Crippen LogP contribution is -2.06. The van der Waals surface area contributed by atoms with Crippen molar-refractivity contribution >= 4 is 16.7 Å². The Balaban J connectivity index is 1.79. The fraction of sp³-hybridized carbons (Fsp3) is 0.357. The van der Waals surface area contributed by atoms with Crippen LogP contribution in [-0.2, 0) is 0 Å². The van der Waals surface area contributed by atoms with Gasteiger partial charge in [-0.25, -0.2) is 4.98 Å². The summed E-state index contributed by atoms with van der Waals surface area (Å²) < 4.78 is 0. The van der Waals surface area contributed by atoms with Crippen LogP contribution in [-0.4, -0.2) is 9.97 Å². The van der Waals surface area contributed by atoms with Gasteiger partial charge < -0.3 is 10.7 Å². The molecule has 86 valence electrons. The molecule has 1 saturated carbocycles. The molecule has 17 heavy (non-hydrogen) atoms. The summed E-state index contributed by atoms with van der Waals surface area (Å²) in [6.07, 6.45) is 7.28. The average molecular weight is 225 g/mol. The molecule has 0 saturated heterocycles. The number of hydrogen-bond acceptors (Lipinski definition) is 2. The van der Waals surface area contributed by atoms with Crippen molar-refractivity contribution in [2.75, 3.05) is 5.73 Å². The van der Waals surface area contributed by atoms with Crippen LogP contribution in [0.5, 0.6) is 0 Å². The van der Waals surface area contributed by atoms with Crippen LogP contribution in [0.4, 0.5) is 5.69 Å². The molecule has 1 heterocycles. The van der Waals surface area contributed by atoms with Gasteiger partial charge in [-0.2, -0.15) is 0 Å². The molecule has 0 spiro atoms. The van der Waals surface area contributed by atoms with E-state index < -0.39 is 0 Å². The normalized spacial score (nSPS) is 30.5. The van der Waals surface area contributed by atoms with Crippen LogP contribution in [0.25, 0.3) is 11.0 Å². The van der Waals surface area contributed by atoms with Crippen molar-refractivity contribution in [1.29, 1.82) is 0 Å². The topological polar surface area (TPSA) is 54.7 Å². The summed E-state index contributed by atoms with van der Waals surface area (Å²) in [6.45, 7) is 0. The summed E-state index contributed by atoms with van der Waals surface area (Å²) in [7, 11) is 0. The molecule has 3 N–H and O–H groups in total. The lowest BCUT2D eigenvalue weighted by Gasteiger charge is -2.14. The largest absolute Gasteiger partial charge is 0.399 e. The molecule has 0 aliphatic heterocycles. The lowest BCUT2D eigenvalue weighted by atomic mass is 9.93. The van der Waals surface area contributed by atoms with E-state index in [-0.39, 0.29) is 0 Å². The molecule has 2 aliphatic carbocycles. The predicted octanol–water partition coefficient (Wildman–Crippen LogP) is 2.82. The number of rotatable bonds is 1.